The van der Waals surface area contributed by atoms with Gasteiger partial charge in [0.1, 0.15) is 0 Å². The maximum Gasteiger partial charge on any atom is 0.183 e. The molecule has 1 heterocycles. The molecule has 2 aliphatic rings. The van der Waals surface area contributed by atoms with Crippen molar-refractivity contribution >= 4 is 0 Å². The molecule has 1 saturated heterocycles. The van der Waals surface area contributed by atoms with E-state index >= 15 is 0 Å². The van der Waals surface area contributed by atoms with Crippen LogP contribution in [0.15, 0.2) is 47.6 Å². The van der Waals surface area contributed by atoms with Crippen LogP contribution in [0.5, 0.6) is 0 Å². The van der Waals surface area contributed by atoms with Crippen LogP contribution in [0.1, 0.15) is 40.0 Å². The Morgan fingerprint density at radius 2 is 2.00 bits per heavy atom. The van der Waals surface area contributed by atoms with Gasteiger partial charge in [0.2, 0.25) is 0 Å². The van der Waals surface area contributed by atoms with Gasteiger partial charge in [0.25, 0.3) is 0 Å². The topological polar surface area (TPSA) is 68.2 Å². The van der Waals surface area contributed by atoms with Gasteiger partial charge in [0, 0.05) is 20.1 Å². The minimum Gasteiger partial charge on any atom is -0.389 e. The molecule has 0 aromatic rings. The van der Waals surface area contributed by atoms with E-state index in [1.165, 1.54) is 0 Å². The van der Waals surface area contributed by atoms with Crippen LogP contribution in [0.3, 0.4) is 0 Å². The summed E-state index contributed by atoms with van der Waals surface area (Å²) in [6.45, 7) is 9.75. The summed E-state index contributed by atoms with van der Waals surface area (Å²) in [6, 6.07) is 0. The smallest absolute Gasteiger partial charge is 0.183 e. The Hall–Kier alpha value is -1.24. The van der Waals surface area contributed by atoms with Gasteiger partial charge in [-0.05, 0) is 51.5 Å². The van der Waals surface area contributed by atoms with E-state index in [9.17, 15) is 10.2 Å². The molecule has 5 heteroatoms. The molecule has 1 aliphatic carbocycles. The number of aliphatic hydroxyl groups excluding tert-OH is 1. The fourth-order valence-corrected chi connectivity index (χ4v) is 3.93. The van der Waals surface area contributed by atoms with E-state index in [2.05, 4.69) is 6.58 Å². The van der Waals surface area contributed by atoms with Gasteiger partial charge < -0.3 is 24.4 Å². The van der Waals surface area contributed by atoms with E-state index in [4.69, 9.17) is 14.2 Å². The zero-order chi connectivity index (χ0) is 20.2. The molecule has 2 rings (SSSR count). The molecule has 0 saturated carbocycles. The van der Waals surface area contributed by atoms with E-state index in [1.807, 2.05) is 25.2 Å². The number of fused-ring (bicyclic) bond motifs is 1. The summed E-state index contributed by atoms with van der Waals surface area (Å²) < 4.78 is 17.3. The number of rotatable bonds is 4. The molecule has 152 valence electrons. The molecule has 0 amide bonds. The van der Waals surface area contributed by atoms with Crippen molar-refractivity contribution in [3.8, 4) is 0 Å². The molecule has 0 aromatic heterocycles. The minimum absolute atomic E-state index is 0.0721. The largest absolute Gasteiger partial charge is 0.389 e. The number of allylic oxidation sites excluding steroid dienone is 3. The average molecular weight is 379 g/mol. The quantitative estimate of drug-likeness (QED) is 0.733. The van der Waals surface area contributed by atoms with Crippen molar-refractivity contribution in [1.82, 2.24) is 0 Å². The molecule has 0 radical (unpaired) electrons. The Kier molecular flexibility index (Phi) is 7.60. The Morgan fingerprint density at radius 1 is 1.30 bits per heavy atom. The third-order valence-corrected chi connectivity index (χ3v) is 5.19. The maximum absolute atomic E-state index is 10.3. The van der Waals surface area contributed by atoms with Gasteiger partial charge in [0.15, 0.2) is 12.6 Å². The number of aliphatic hydroxyl groups is 2. The number of hydrogen-bond acceptors (Lipinski definition) is 5. The van der Waals surface area contributed by atoms with Crippen LogP contribution in [-0.2, 0) is 14.2 Å². The molecule has 5 atom stereocenters. The molecule has 1 aliphatic heterocycles. The number of methoxy groups -OCH3 is 2. The minimum atomic E-state index is -0.894. The fraction of sp³-hybridized carbons (Fsp3) is 0.636. The van der Waals surface area contributed by atoms with Gasteiger partial charge in [-0.15, -0.1) is 0 Å². The Morgan fingerprint density at radius 3 is 2.59 bits per heavy atom. The van der Waals surface area contributed by atoms with Crippen molar-refractivity contribution < 1.29 is 24.4 Å². The summed E-state index contributed by atoms with van der Waals surface area (Å²) in [7, 11) is 3.24. The van der Waals surface area contributed by atoms with Crippen LogP contribution in [0.2, 0.25) is 0 Å². The summed E-state index contributed by atoms with van der Waals surface area (Å²) in [5.74, 6) is 0.0402. The second kappa shape index (κ2) is 9.30. The third kappa shape index (κ3) is 5.87. The van der Waals surface area contributed by atoms with Gasteiger partial charge >= 0.3 is 0 Å². The first-order chi connectivity index (χ1) is 12.7. The van der Waals surface area contributed by atoms with E-state index in [1.54, 1.807) is 34.1 Å². The van der Waals surface area contributed by atoms with Crippen LogP contribution < -0.4 is 0 Å². The third-order valence-electron chi connectivity index (χ3n) is 5.19. The highest BCUT2D eigenvalue weighted by atomic mass is 16.8. The summed E-state index contributed by atoms with van der Waals surface area (Å²) in [4.78, 5) is 0. The van der Waals surface area contributed by atoms with Crippen LogP contribution >= 0.6 is 0 Å². The number of ether oxygens (including phenoxy) is 3. The monoisotopic (exact) mass is 378 g/mol. The second-order valence-corrected chi connectivity index (χ2v) is 8.10. The fourth-order valence-electron chi connectivity index (χ4n) is 3.93. The Labute approximate surface area is 163 Å². The van der Waals surface area contributed by atoms with Crippen LogP contribution in [0.4, 0.5) is 0 Å². The van der Waals surface area contributed by atoms with Gasteiger partial charge in [-0.3, -0.25) is 0 Å². The zero-order valence-corrected chi connectivity index (χ0v) is 17.1. The normalized spacial score (nSPS) is 36.7. The van der Waals surface area contributed by atoms with Crippen molar-refractivity contribution in [3.63, 3.8) is 0 Å². The summed E-state index contributed by atoms with van der Waals surface area (Å²) >= 11 is 0. The molecule has 0 unspecified atom stereocenters. The van der Waals surface area contributed by atoms with Gasteiger partial charge in [0.05, 0.1) is 11.7 Å². The van der Waals surface area contributed by atoms with Crippen molar-refractivity contribution in [1.29, 1.82) is 0 Å². The van der Waals surface area contributed by atoms with E-state index in [-0.39, 0.29) is 11.8 Å². The summed E-state index contributed by atoms with van der Waals surface area (Å²) in [5.41, 5.74) is 2.19. The molecular weight excluding hydrogens is 344 g/mol. The highest BCUT2D eigenvalue weighted by molar-refractivity contribution is 5.27. The second-order valence-electron chi connectivity index (χ2n) is 8.10. The predicted molar refractivity (Wildman–Crippen MR) is 106 cm³/mol. The first-order valence-electron chi connectivity index (χ1n) is 9.52. The molecule has 0 spiro atoms. The molecule has 27 heavy (non-hydrogen) atoms. The van der Waals surface area contributed by atoms with Crippen molar-refractivity contribution in [2.45, 2.75) is 64.3 Å². The van der Waals surface area contributed by atoms with Gasteiger partial charge in [-0.2, -0.15) is 0 Å². The SMILES string of the molecule is C=C1C[C@@H](O)/C=C(\C)CC[C@@H]2/C(=C\C=C\C(C)(C)O)[C@@H](OC)O[C@H](OC)[C@@H]12. The van der Waals surface area contributed by atoms with Crippen molar-refractivity contribution in [2.75, 3.05) is 14.2 Å². The molecule has 0 bridgehead atoms. The molecule has 2 N–H and O–H groups in total. The lowest BCUT2D eigenvalue weighted by molar-refractivity contribution is -0.256. The molecular formula is C22H34O5. The van der Waals surface area contributed by atoms with E-state index < -0.39 is 24.3 Å². The summed E-state index contributed by atoms with van der Waals surface area (Å²) in [6.07, 6.45) is 8.15. The summed E-state index contributed by atoms with van der Waals surface area (Å²) in [5, 5.41) is 20.3. The molecule has 5 nitrogen and oxygen atoms in total. The predicted octanol–water partition coefficient (Wildman–Crippen LogP) is 3.49. The van der Waals surface area contributed by atoms with Crippen molar-refractivity contribution in [2.24, 2.45) is 11.8 Å². The first kappa shape index (κ1) is 22.1. The highest BCUT2D eigenvalue weighted by Crippen LogP contribution is 2.44. The lowest BCUT2D eigenvalue weighted by Crippen LogP contribution is -2.45. The zero-order valence-electron chi connectivity index (χ0n) is 17.1. The van der Waals surface area contributed by atoms with Crippen LogP contribution in [0, 0.1) is 11.8 Å². The standard InChI is InChI=1S/C22H34O5/c1-14-9-10-17-18(8-7-11-22(3,4)24)20(25-5)27-21(26-6)19(17)15(2)13-16(23)12-14/h7-8,11-12,16-17,19-21,23-24H,2,9-10,13H2,1,3-6H3/b11-7+,14-12+,18-8+/t16-,17+,19-,20-,21-/m0/s1. The van der Waals surface area contributed by atoms with Crippen molar-refractivity contribution in [3.05, 3.63) is 47.6 Å². The van der Waals surface area contributed by atoms with E-state index in [0.717, 1.165) is 29.6 Å². The lowest BCUT2D eigenvalue weighted by atomic mass is 9.75. The van der Waals surface area contributed by atoms with Crippen LogP contribution in [-0.4, -0.2) is 48.7 Å². The maximum atomic E-state index is 10.3. The number of hydrogen-bond donors (Lipinski definition) is 2. The molecule has 0 aromatic carbocycles. The van der Waals surface area contributed by atoms with Gasteiger partial charge in [-0.1, -0.05) is 42.0 Å². The highest BCUT2D eigenvalue weighted by Gasteiger charge is 2.43. The Balaban J connectivity index is 2.45. The first-order valence-corrected chi connectivity index (χ1v) is 9.52. The van der Waals surface area contributed by atoms with E-state index in [0.29, 0.717) is 6.42 Å². The molecule has 1 fully saturated rings. The lowest BCUT2D eigenvalue weighted by Gasteiger charge is -2.43. The average Bonchev–Trinajstić information content (AvgIpc) is 2.62. The van der Waals surface area contributed by atoms with Crippen LogP contribution in [0.25, 0.3) is 0 Å². The van der Waals surface area contributed by atoms with Gasteiger partial charge in [-0.25, -0.2) is 0 Å². The Bertz CT molecular complexity index is 611.